The van der Waals surface area contributed by atoms with Gasteiger partial charge in [-0.1, -0.05) is 12.8 Å². The SMILES string of the molecule is COCCOCC1(CN(C)C(=O)O)CCCC1. The van der Waals surface area contributed by atoms with E-state index >= 15 is 0 Å². The highest BCUT2D eigenvalue weighted by molar-refractivity contribution is 5.64. The van der Waals surface area contributed by atoms with Gasteiger partial charge in [-0.3, -0.25) is 0 Å². The Kier molecular flexibility index (Phi) is 5.71. The molecule has 1 aliphatic carbocycles. The minimum atomic E-state index is -0.867. The molecule has 5 heteroatoms. The molecule has 0 saturated heterocycles. The van der Waals surface area contributed by atoms with Gasteiger partial charge in [-0.15, -0.1) is 0 Å². The number of carbonyl (C=O) groups is 1. The molecule has 0 aliphatic heterocycles. The van der Waals surface area contributed by atoms with Gasteiger partial charge in [0.2, 0.25) is 0 Å². The van der Waals surface area contributed by atoms with Gasteiger partial charge in [-0.2, -0.15) is 0 Å². The normalized spacial score (nSPS) is 18.2. The predicted octanol–water partition coefficient (Wildman–Crippen LogP) is 1.82. The lowest BCUT2D eigenvalue weighted by Crippen LogP contribution is -2.39. The van der Waals surface area contributed by atoms with E-state index in [9.17, 15) is 4.79 Å². The summed E-state index contributed by atoms with van der Waals surface area (Å²) < 4.78 is 10.5. The zero-order valence-corrected chi connectivity index (χ0v) is 10.8. The quantitative estimate of drug-likeness (QED) is 0.695. The summed E-state index contributed by atoms with van der Waals surface area (Å²) in [4.78, 5) is 12.2. The minimum absolute atomic E-state index is 0.0148. The molecule has 1 saturated carbocycles. The van der Waals surface area contributed by atoms with E-state index < -0.39 is 6.09 Å². The Labute approximate surface area is 103 Å². The fourth-order valence-electron chi connectivity index (χ4n) is 2.47. The van der Waals surface area contributed by atoms with Crippen LogP contribution in [0, 0.1) is 5.41 Å². The molecule has 0 aromatic rings. The van der Waals surface area contributed by atoms with Crippen LogP contribution in [0.4, 0.5) is 4.79 Å². The highest BCUT2D eigenvalue weighted by atomic mass is 16.5. The van der Waals surface area contributed by atoms with Crippen molar-refractivity contribution in [2.24, 2.45) is 5.41 Å². The zero-order valence-electron chi connectivity index (χ0n) is 10.8. The summed E-state index contributed by atoms with van der Waals surface area (Å²) in [6, 6.07) is 0. The van der Waals surface area contributed by atoms with Crippen molar-refractivity contribution in [3.8, 4) is 0 Å². The number of carboxylic acid groups (broad SMARTS) is 1. The van der Waals surface area contributed by atoms with Gasteiger partial charge in [0.25, 0.3) is 0 Å². The number of hydrogen-bond donors (Lipinski definition) is 1. The molecule has 0 aromatic heterocycles. The van der Waals surface area contributed by atoms with E-state index in [4.69, 9.17) is 14.6 Å². The average Bonchev–Trinajstić information content (AvgIpc) is 2.73. The van der Waals surface area contributed by atoms with E-state index in [1.165, 1.54) is 17.7 Å². The first kappa shape index (κ1) is 14.3. The number of hydrogen-bond acceptors (Lipinski definition) is 3. The Morgan fingerprint density at radius 2 is 2.00 bits per heavy atom. The van der Waals surface area contributed by atoms with Crippen LogP contribution in [0.5, 0.6) is 0 Å². The molecular weight excluding hydrogens is 222 g/mol. The van der Waals surface area contributed by atoms with E-state index in [-0.39, 0.29) is 5.41 Å². The summed E-state index contributed by atoms with van der Waals surface area (Å²) in [5.74, 6) is 0. The molecule has 0 bridgehead atoms. The van der Waals surface area contributed by atoms with E-state index in [2.05, 4.69) is 0 Å². The smallest absolute Gasteiger partial charge is 0.407 e. The zero-order chi connectivity index (χ0) is 12.7. The van der Waals surface area contributed by atoms with Gasteiger partial charge in [0.15, 0.2) is 0 Å². The number of nitrogens with zero attached hydrogens (tertiary/aromatic N) is 1. The lowest BCUT2D eigenvalue weighted by atomic mass is 9.86. The van der Waals surface area contributed by atoms with Gasteiger partial charge in [0.05, 0.1) is 19.8 Å². The summed E-state index contributed by atoms with van der Waals surface area (Å²) in [6.45, 7) is 2.36. The minimum Gasteiger partial charge on any atom is -0.465 e. The van der Waals surface area contributed by atoms with E-state index in [1.807, 2.05) is 0 Å². The van der Waals surface area contributed by atoms with Crippen LogP contribution in [0.2, 0.25) is 0 Å². The molecule has 17 heavy (non-hydrogen) atoms. The third-order valence-corrected chi connectivity index (χ3v) is 3.40. The van der Waals surface area contributed by atoms with Crippen molar-refractivity contribution in [1.29, 1.82) is 0 Å². The van der Waals surface area contributed by atoms with Crippen molar-refractivity contribution in [3.63, 3.8) is 0 Å². The second-order valence-corrected chi connectivity index (χ2v) is 4.89. The van der Waals surface area contributed by atoms with Gasteiger partial charge in [-0.25, -0.2) is 4.79 Å². The van der Waals surface area contributed by atoms with Crippen molar-refractivity contribution in [3.05, 3.63) is 0 Å². The third-order valence-electron chi connectivity index (χ3n) is 3.40. The molecule has 1 rings (SSSR count). The standard InChI is InChI=1S/C12H23NO4/c1-13(11(14)15)9-12(5-3-4-6-12)10-17-8-7-16-2/h3-10H2,1-2H3,(H,14,15). The van der Waals surface area contributed by atoms with Crippen molar-refractivity contribution in [1.82, 2.24) is 4.90 Å². The van der Waals surface area contributed by atoms with Crippen LogP contribution >= 0.6 is 0 Å². The monoisotopic (exact) mass is 245 g/mol. The largest absolute Gasteiger partial charge is 0.465 e. The van der Waals surface area contributed by atoms with Crippen LogP contribution in [-0.2, 0) is 9.47 Å². The van der Waals surface area contributed by atoms with Crippen LogP contribution < -0.4 is 0 Å². The van der Waals surface area contributed by atoms with Gasteiger partial charge < -0.3 is 19.5 Å². The topological polar surface area (TPSA) is 59.0 Å². The molecule has 0 unspecified atom stereocenters. The van der Waals surface area contributed by atoms with Crippen LogP contribution in [0.15, 0.2) is 0 Å². The Morgan fingerprint density at radius 3 is 2.53 bits per heavy atom. The molecule has 0 radical (unpaired) electrons. The molecule has 100 valence electrons. The molecule has 5 nitrogen and oxygen atoms in total. The first-order valence-corrected chi connectivity index (χ1v) is 6.10. The van der Waals surface area contributed by atoms with Crippen molar-refractivity contribution in [2.45, 2.75) is 25.7 Å². The number of methoxy groups -OCH3 is 1. The van der Waals surface area contributed by atoms with Gasteiger partial charge >= 0.3 is 6.09 Å². The second-order valence-electron chi connectivity index (χ2n) is 4.89. The number of rotatable bonds is 7. The lowest BCUT2D eigenvalue weighted by molar-refractivity contribution is 0.00598. The Hall–Kier alpha value is -0.810. The van der Waals surface area contributed by atoms with E-state index in [0.29, 0.717) is 26.4 Å². The van der Waals surface area contributed by atoms with Crippen molar-refractivity contribution in [2.75, 3.05) is 40.5 Å². The fourth-order valence-corrected chi connectivity index (χ4v) is 2.47. The third kappa shape index (κ3) is 4.52. The average molecular weight is 245 g/mol. The maximum atomic E-state index is 10.9. The molecule has 1 amide bonds. The maximum Gasteiger partial charge on any atom is 0.407 e. The molecule has 1 N–H and O–H groups in total. The van der Waals surface area contributed by atoms with Gasteiger partial charge in [-0.05, 0) is 12.8 Å². The predicted molar refractivity (Wildman–Crippen MR) is 64.3 cm³/mol. The molecule has 0 aromatic carbocycles. The fraction of sp³-hybridized carbons (Fsp3) is 0.917. The number of amides is 1. The lowest BCUT2D eigenvalue weighted by Gasteiger charge is -2.32. The first-order chi connectivity index (χ1) is 8.09. The van der Waals surface area contributed by atoms with Crippen LogP contribution in [0.1, 0.15) is 25.7 Å². The first-order valence-electron chi connectivity index (χ1n) is 6.10. The summed E-state index contributed by atoms with van der Waals surface area (Å²) in [6.07, 6.45) is 3.57. The molecule has 1 aliphatic rings. The summed E-state index contributed by atoms with van der Waals surface area (Å²) in [5, 5.41) is 8.93. The summed E-state index contributed by atoms with van der Waals surface area (Å²) >= 11 is 0. The van der Waals surface area contributed by atoms with Crippen LogP contribution in [0.25, 0.3) is 0 Å². The van der Waals surface area contributed by atoms with Gasteiger partial charge in [0, 0.05) is 26.1 Å². The summed E-state index contributed by atoms with van der Waals surface area (Å²) in [7, 11) is 3.27. The van der Waals surface area contributed by atoms with Crippen molar-refractivity contribution >= 4 is 6.09 Å². The van der Waals surface area contributed by atoms with Crippen LogP contribution in [-0.4, -0.2) is 56.6 Å². The maximum absolute atomic E-state index is 10.9. The molecule has 0 spiro atoms. The summed E-state index contributed by atoms with van der Waals surface area (Å²) in [5.41, 5.74) is 0.0148. The second kappa shape index (κ2) is 6.81. The van der Waals surface area contributed by atoms with E-state index in [0.717, 1.165) is 12.8 Å². The highest BCUT2D eigenvalue weighted by Crippen LogP contribution is 2.38. The highest BCUT2D eigenvalue weighted by Gasteiger charge is 2.36. The molecular formula is C12H23NO4. The van der Waals surface area contributed by atoms with Crippen molar-refractivity contribution < 1.29 is 19.4 Å². The molecule has 0 atom stereocenters. The van der Waals surface area contributed by atoms with E-state index in [1.54, 1.807) is 14.2 Å². The van der Waals surface area contributed by atoms with Gasteiger partial charge in [0.1, 0.15) is 0 Å². The Bertz CT molecular complexity index is 239. The van der Waals surface area contributed by atoms with Crippen LogP contribution in [0.3, 0.4) is 0 Å². The molecule has 1 fully saturated rings. The molecule has 0 heterocycles. The number of ether oxygens (including phenoxy) is 2. The Morgan fingerprint density at radius 1 is 1.35 bits per heavy atom. The Balaban J connectivity index is 2.42.